The van der Waals surface area contributed by atoms with E-state index in [0.717, 1.165) is 28.5 Å². The number of benzene rings is 2. The largest absolute Gasteiger partial charge is 0.496 e. The first-order valence-electron chi connectivity index (χ1n) is 11.8. The van der Waals surface area contributed by atoms with E-state index < -0.39 is 11.6 Å². The monoisotopic (exact) mass is 468 g/mol. The predicted octanol–water partition coefficient (Wildman–Crippen LogP) is 2.86. The van der Waals surface area contributed by atoms with Crippen LogP contribution in [0.2, 0.25) is 0 Å². The van der Waals surface area contributed by atoms with E-state index in [1.807, 2.05) is 13.8 Å². The van der Waals surface area contributed by atoms with Gasteiger partial charge in [0.25, 0.3) is 0 Å². The lowest BCUT2D eigenvalue weighted by Gasteiger charge is -2.45. The van der Waals surface area contributed by atoms with Crippen LogP contribution >= 0.6 is 0 Å². The van der Waals surface area contributed by atoms with Gasteiger partial charge in [-0.15, -0.1) is 0 Å². The second-order valence-electron chi connectivity index (χ2n) is 10.4. The third-order valence-electron chi connectivity index (χ3n) is 8.23. The molecule has 182 valence electrons. The molecule has 2 bridgehead atoms. The smallest absolute Gasteiger partial charge is 0.347 e. The summed E-state index contributed by atoms with van der Waals surface area (Å²) in [6, 6.07) is 11.2. The number of morpholine rings is 1. The number of likely N-dealkylation sites (N-methyl/N-ethyl adjacent to an activating group) is 1. The Morgan fingerprint density at radius 1 is 0.941 bits per heavy atom. The number of aryl methyl sites for hydroxylation is 2. The van der Waals surface area contributed by atoms with E-state index in [1.165, 1.54) is 0 Å². The molecule has 2 aromatic carbocycles. The van der Waals surface area contributed by atoms with Crippen molar-refractivity contribution in [2.75, 3.05) is 28.3 Å². The maximum Gasteiger partial charge on any atom is 0.347 e. The van der Waals surface area contributed by atoms with Gasteiger partial charge in [-0.2, -0.15) is 0 Å². The van der Waals surface area contributed by atoms with Gasteiger partial charge in [-0.25, -0.2) is 4.79 Å². The molecule has 0 saturated carbocycles. The lowest BCUT2D eigenvalue weighted by molar-refractivity contribution is -0.938. The van der Waals surface area contributed by atoms with Crippen LogP contribution in [0.4, 0.5) is 0 Å². The first kappa shape index (κ1) is 23.1. The van der Waals surface area contributed by atoms with Crippen LogP contribution in [0.5, 0.6) is 11.5 Å². The highest BCUT2D eigenvalue weighted by molar-refractivity contribution is 5.86. The van der Waals surface area contributed by atoms with Gasteiger partial charge >= 0.3 is 5.97 Å². The summed E-state index contributed by atoms with van der Waals surface area (Å²) in [5, 5.41) is 12.1. The van der Waals surface area contributed by atoms with E-state index >= 15 is 0 Å². The average molecular weight is 469 g/mol. The topological polar surface area (TPSA) is 77.5 Å². The Morgan fingerprint density at radius 3 is 1.82 bits per heavy atom. The number of hydrogen-bond donors (Lipinski definition) is 1. The summed E-state index contributed by atoms with van der Waals surface area (Å²) in [5.74, 6) is 0.717. The van der Waals surface area contributed by atoms with Gasteiger partial charge in [0, 0.05) is 12.8 Å². The molecule has 7 heteroatoms. The van der Waals surface area contributed by atoms with Gasteiger partial charge < -0.3 is 28.5 Å². The normalized spacial score (nSPS) is 28.7. The molecule has 0 aromatic heterocycles. The first-order chi connectivity index (χ1) is 16.1. The fraction of sp³-hybridized carbons (Fsp3) is 0.519. The van der Waals surface area contributed by atoms with E-state index in [2.05, 4.69) is 14.1 Å². The highest BCUT2D eigenvalue weighted by Gasteiger charge is 2.71. The van der Waals surface area contributed by atoms with E-state index in [9.17, 15) is 9.90 Å². The highest BCUT2D eigenvalue weighted by atomic mass is 16.6. The number of carbonyl (C=O) groups is 1. The van der Waals surface area contributed by atoms with Crippen LogP contribution in [0, 0.1) is 13.8 Å². The average Bonchev–Trinajstić information content (AvgIpc) is 3.57. The van der Waals surface area contributed by atoms with Crippen molar-refractivity contribution in [1.29, 1.82) is 0 Å². The number of hydrogen-bond acceptors (Lipinski definition) is 6. The van der Waals surface area contributed by atoms with Gasteiger partial charge in [-0.05, 0) is 60.4 Å². The maximum atomic E-state index is 13.8. The van der Waals surface area contributed by atoms with Crippen molar-refractivity contribution in [3.8, 4) is 11.5 Å². The Hall–Kier alpha value is -2.61. The summed E-state index contributed by atoms with van der Waals surface area (Å²) in [5.41, 5.74) is 0.573. The molecule has 0 radical (unpaired) electrons. The number of methoxy groups -OCH3 is 2. The van der Waals surface area contributed by atoms with Gasteiger partial charge in [-0.1, -0.05) is 12.1 Å². The van der Waals surface area contributed by atoms with Gasteiger partial charge in [0.2, 0.25) is 5.60 Å². The number of aliphatic hydroxyl groups is 1. The minimum Gasteiger partial charge on any atom is -0.496 e. The number of epoxide rings is 1. The van der Waals surface area contributed by atoms with Gasteiger partial charge in [-0.3, -0.25) is 0 Å². The Bertz CT molecular complexity index is 1050. The molecule has 3 saturated heterocycles. The lowest BCUT2D eigenvalue weighted by atomic mass is 9.84. The molecule has 3 aliphatic heterocycles. The van der Waals surface area contributed by atoms with Crippen LogP contribution in [0.25, 0.3) is 0 Å². The van der Waals surface area contributed by atoms with Crippen LogP contribution in [-0.4, -0.2) is 74.3 Å². The van der Waals surface area contributed by atoms with E-state index in [-0.39, 0.29) is 18.3 Å². The van der Waals surface area contributed by atoms with Crippen molar-refractivity contribution in [3.63, 3.8) is 0 Å². The number of fused-ring (bicyclic) bond motifs is 5. The molecular formula is C27H34NO6+. The number of nitrogens with zero attached hydrogens (tertiary/aromatic N) is 1. The third-order valence-corrected chi connectivity index (χ3v) is 8.23. The van der Waals surface area contributed by atoms with Crippen molar-refractivity contribution < 1.29 is 33.3 Å². The van der Waals surface area contributed by atoms with Crippen LogP contribution in [0.1, 0.15) is 35.1 Å². The number of ether oxygens (including phenoxy) is 4. The molecule has 3 unspecified atom stereocenters. The van der Waals surface area contributed by atoms with Gasteiger partial charge in [0.15, 0.2) is 0 Å². The molecule has 2 aromatic rings. The number of piperidine rings is 1. The molecule has 3 fully saturated rings. The second-order valence-corrected chi connectivity index (χ2v) is 10.4. The molecule has 5 rings (SSSR count). The lowest BCUT2D eigenvalue weighted by Crippen LogP contribution is -2.60. The molecule has 0 amide bonds. The van der Waals surface area contributed by atoms with Crippen LogP contribution in [0.3, 0.4) is 0 Å². The second kappa shape index (κ2) is 7.97. The molecular weight excluding hydrogens is 434 g/mol. The highest BCUT2D eigenvalue weighted by Crippen LogP contribution is 2.52. The molecule has 0 aliphatic carbocycles. The molecule has 1 N–H and O–H groups in total. The van der Waals surface area contributed by atoms with Crippen molar-refractivity contribution >= 4 is 5.97 Å². The van der Waals surface area contributed by atoms with E-state index in [4.69, 9.17) is 18.9 Å². The number of carbonyl (C=O) groups excluding carboxylic acids is 1. The van der Waals surface area contributed by atoms with Crippen LogP contribution < -0.4 is 9.47 Å². The molecule has 5 atom stereocenters. The first-order valence-corrected chi connectivity index (χ1v) is 11.8. The molecule has 3 aliphatic rings. The Morgan fingerprint density at radius 2 is 1.41 bits per heavy atom. The fourth-order valence-corrected chi connectivity index (χ4v) is 6.15. The third kappa shape index (κ3) is 3.41. The quantitative estimate of drug-likeness (QED) is 0.399. The van der Waals surface area contributed by atoms with Gasteiger partial charge in [0.1, 0.15) is 41.9 Å². The summed E-state index contributed by atoms with van der Waals surface area (Å²) < 4.78 is 23.6. The van der Waals surface area contributed by atoms with Crippen molar-refractivity contribution in [2.45, 2.75) is 62.7 Å². The number of quaternary nitrogens is 1. The Labute approximate surface area is 200 Å². The maximum absolute atomic E-state index is 13.8. The van der Waals surface area contributed by atoms with E-state index in [0.29, 0.717) is 34.7 Å². The van der Waals surface area contributed by atoms with Gasteiger partial charge in [0.05, 0.1) is 28.3 Å². The van der Waals surface area contributed by atoms with Crippen molar-refractivity contribution in [2.24, 2.45) is 0 Å². The standard InChI is InChI=1S/C27H34NO6/c1-15-11-17(7-9-22(15)31-5)27(30,18-8-10-23(32-6)16(2)12-18)26(29)33-19-13-20-24-25(34-24)21(14-19)28(20,3)4/h7-12,19-21,24-25,30H,13-14H2,1-6H3/q+1/t19?,20-,21?,24-,25?/m0/s1. The summed E-state index contributed by atoms with van der Waals surface area (Å²) in [4.78, 5) is 13.8. The summed E-state index contributed by atoms with van der Waals surface area (Å²) in [6.07, 6.45) is 1.73. The fourth-order valence-electron chi connectivity index (χ4n) is 6.15. The minimum absolute atomic E-state index is 0.254. The van der Waals surface area contributed by atoms with Crippen LogP contribution in [0.15, 0.2) is 36.4 Å². The van der Waals surface area contributed by atoms with Crippen molar-refractivity contribution in [3.05, 3.63) is 58.7 Å². The number of esters is 1. The number of rotatable bonds is 6. The summed E-state index contributed by atoms with van der Waals surface area (Å²) >= 11 is 0. The Kier molecular flexibility index (Phi) is 5.43. The molecule has 3 heterocycles. The van der Waals surface area contributed by atoms with Crippen molar-refractivity contribution in [1.82, 2.24) is 0 Å². The minimum atomic E-state index is -1.96. The summed E-state index contributed by atoms with van der Waals surface area (Å²) in [6.45, 7) is 3.77. The molecule has 34 heavy (non-hydrogen) atoms. The zero-order valence-corrected chi connectivity index (χ0v) is 20.7. The Balaban J connectivity index is 1.49. The van der Waals surface area contributed by atoms with Crippen LogP contribution in [-0.2, 0) is 19.9 Å². The SMILES string of the molecule is COc1ccc(C(O)(C(=O)OC2CC3C4O[C@H]4[C@H](C2)[N+]3(C)C)c2ccc(OC)c(C)c2)cc1C. The summed E-state index contributed by atoms with van der Waals surface area (Å²) in [7, 11) is 7.67. The van der Waals surface area contributed by atoms with E-state index in [1.54, 1.807) is 50.6 Å². The zero-order chi connectivity index (χ0) is 24.4. The zero-order valence-electron chi connectivity index (χ0n) is 20.7. The molecule has 7 nitrogen and oxygen atoms in total. The molecule has 0 spiro atoms. The predicted molar refractivity (Wildman–Crippen MR) is 126 cm³/mol.